The van der Waals surface area contributed by atoms with Crippen molar-refractivity contribution < 1.29 is 4.79 Å². The quantitative estimate of drug-likeness (QED) is 0.740. The van der Waals surface area contributed by atoms with Crippen molar-refractivity contribution in [2.24, 2.45) is 0 Å². The second-order valence-corrected chi connectivity index (χ2v) is 7.73. The van der Waals surface area contributed by atoms with Crippen molar-refractivity contribution in [2.45, 2.75) is 25.7 Å². The standard InChI is InChI=1S/C22H26N6O/c1-15-18(13-24-26-15)21(29)28-11-7-10-17(14-28)20-19(16-8-5-4-6-9-16)12-23-22(25-20)27(2)3/h4-6,8-9,12-13,17H,7,10-11,14H2,1-3H3,(H,24,26)/t17-/m1/s1. The molecule has 0 bridgehead atoms. The van der Waals surface area contributed by atoms with Gasteiger partial charge in [0.2, 0.25) is 5.95 Å². The normalized spacial score (nSPS) is 16.7. The Morgan fingerprint density at radius 1 is 1.21 bits per heavy atom. The van der Waals surface area contributed by atoms with Crippen LogP contribution in [0.15, 0.2) is 42.7 Å². The van der Waals surface area contributed by atoms with Crippen LogP contribution >= 0.6 is 0 Å². The number of benzene rings is 1. The minimum absolute atomic E-state index is 0.0316. The van der Waals surface area contributed by atoms with E-state index in [0.717, 1.165) is 41.9 Å². The van der Waals surface area contributed by atoms with Crippen LogP contribution in [0, 0.1) is 6.92 Å². The third-order valence-corrected chi connectivity index (χ3v) is 5.45. The number of piperidine rings is 1. The second kappa shape index (κ2) is 8.03. The van der Waals surface area contributed by atoms with Gasteiger partial charge in [-0.25, -0.2) is 9.97 Å². The third-order valence-electron chi connectivity index (χ3n) is 5.45. The average molecular weight is 390 g/mol. The number of H-pyrrole nitrogens is 1. The van der Waals surface area contributed by atoms with Gasteiger partial charge in [-0.1, -0.05) is 30.3 Å². The lowest BCUT2D eigenvalue weighted by Crippen LogP contribution is -2.39. The van der Waals surface area contributed by atoms with Crippen LogP contribution in [0.4, 0.5) is 5.95 Å². The van der Waals surface area contributed by atoms with E-state index < -0.39 is 0 Å². The third kappa shape index (κ3) is 3.85. The highest BCUT2D eigenvalue weighted by Gasteiger charge is 2.29. The Hall–Kier alpha value is -3.22. The van der Waals surface area contributed by atoms with Gasteiger partial charge in [0.1, 0.15) is 0 Å². The van der Waals surface area contributed by atoms with Crippen LogP contribution in [-0.2, 0) is 0 Å². The van der Waals surface area contributed by atoms with E-state index >= 15 is 0 Å². The highest BCUT2D eigenvalue weighted by Crippen LogP contribution is 2.34. The lowest BCUT2D eigenvalue weighted by Gasteiger charge is -2.33. The van der Waals surface area contributed by atoms with E-state index in [9.17, 15) is 4.79 Å². The maximum Gasteiger partial charge on any atom is 0.257 e. The highest BCUT2D eigenvalue weighted by molar-refractivity contribution is 5.95. The van der Waals surface area contributed by atoms with Gasteiger partial charge in [0, 0.05) is 50.6 Å². The fraction of sp³-hybridized carbons (Fsp3) is 0.364. The minimum Gasteiger partial charge on any atom is -0.347 e. The monoisotopic (exact) mass is 390 g/mol. The number of carbonyl (C=O) groups is 1. The highest BCUT2D eigenvalue weighted by atomic mass is 16.2. The topological polar surface area (TPSA) is 78.0 Å². The van der Waals surface area contributed by atoms with Gasteiger partial charge in [-0.15, -0.1) is 0 Å². The lowest BCUT2D eigenvalue weighted by atomic mass is 9.89. The van der Waals surface area contributed by atoms with E-state index in [1.54, 1.807) is 6.20 Å². The summed E-state index contributed by atoms with van der Waals surface area (Å²) in [6.45, 7) is 3.28. The molecule has 1 aliphatic heterocycles. The summed E-state index contributed by atoms with van der Waals surface area (Å²) in [6.07, 6.45) is 5.47. The Morgan fingerprint density at radius 3 is 2.69 bits per heavy atom. The van der Waals surface area contributed by atoms with Crippen molar-refractivity contribution in [3.8, 4) is 11.1 Å². The molecule has 3 aromatic rings. The van der Waals surface area contributed by atoms with Crippen molar-refractivity contribution in [3.63, 3.8) is 0 Å². The predicted molar refractivity (Wildman–Crippen MR) is 113 cm³/mol. The summed E-state index contributed by atoms with van der Waals surface area (Å²) >= 11 is 0. The average Bonchev–Trinajstić information content (AvgIpc) is 3.19. The fourth-order valence-corrected chi connectivity index (χ4v) is 3.87. The first-order valence-corrected chi connectivity index (χ1v) is 9.93. The number of rotatable bonds is 4. The Bertz CT molecular complexity index is 998. The number of likely N-dealkylation sites (tertiary alicyclic amines) is 1. The summed E-state index contributed by atoms with van der Waals surface area (Å²) in [7, 11) is 3.89. The van der Waals surface area contributed by atoms with Gasteiger partial charge in [-0.05, 0) is 25.3 Å². The van der Waals surface area contributed by atoms with Gasteiger partial charge >= 0.3 is 0 Å². The van der Waals surface area contributed by atoms with E-state index in [-0.39, 0.29) is 11.8 Å². The van der Waals surface area contributed by atoms with Gasteiger partial charge < -0.3 is 9.80 Å². The van der Waals surface area contributed by atoms with Crippen LogP contribution in [0.25, 0.3) is 11.1 Å². The number of carbonyl (C=O) groups excluding carboxylic acids is 1. The summed E-state index contributed by atoms with van der Waals surface area (Å²) in [5.74, 6) is 0.884. The first kappa shape index (κ1) is 19.1. The first-order valence-electron chi connectivity index (χ1n) is 9.93. The number of anilines is 1. The molecule has 0 saturated carbocycles. The number of amides is 1. The smallest absolute Gasteiger partial charge is 0.257 e. The predicted octanol–water partition coefficient (Wildman–Crippen LogP) is 3.26. The molecule has 0 aliphatic carbocycles. The first-order chi connectivity index (χ1) is 14.0. The zero-order valence-electron chi connectivity index (χ0n) is 17.1. The van der Waals surface area contributed by atoms with Gasteiger partial charge in [0.25, 0.3) is 5.91 Å². The molecular formula is C22H26N6O. The second-order valence-electron chi connectivity index (χ2n) is 7.73. The molecule has 3 heterocycles. The molecule has 1 aromatic carbocycles. The molecule has 1 fully saturated rings. The van der Waals surface area contributed by atoms with Crippen molar-refractivity contribution >= 4 is 11.9 Å². The van der Waals surface area contributed by atoms with Crippen molar-refractivity contribution in [1.82, 2.24) is 25.1 Å². The van der Waals surface area contributed by atoms with E-state index in [2.05, 4.69) is 27.3 Å². The summed E-state index contributed by atoms with van der Waals surface area (Å²) in [6, 6.07) is 10.2. The maximum atomic E-state index is 13.0. The zero-order valence-corrected chi connectivity index (χ0v) is 17.1. The van der Waals surface area contributed by atoms with Crippen LogP contribution in [0.1, 0.15) is 40.5 Å². The number of nitrogens with zero attached hydrogens (tertiary/aromatic N) is 5. The van der Waals surface area contributed by atoms with E-state index in [1.165, 1.54) is 0 Å². The Kier molecular flexibility index (Phi) is 5.29. The van der Waals surface area contributed by atoms with E-state index in [1.807, 2.05) is 55.2 Å². The van der Waals surface area contributed by atoms with Crippen LogP contribution in [0.5, 0.6) is 0 Å². The molecule has 150 valence electrons. The summed E-state index contributed by atoms with van der Waals surface area (Å²) in [4.78, 5) is 26.3. The molecule has 1 saturated heterocycles. The molecule has 0 unspecified atom stereocenters. The molecule has 4 rings (SSSR count). The van der Waals surface area contributed by atoms with Gasteiger partial charge in [-0.3, -0.25) is 9.89 Å². The Morgan fingerprint density at radius 2 is 2.00 bits per heavy atom. The van der Waals surface area contributed by atoms with Crippen LogP contribution in [-0.4, -0.2) is 58.2 Å². The number of nitrogens with one attached hydrogen (secondary N) is 1. The largest absolute Gasteiger partial charge is 0.347 e. The van der Waals surface area contributed by atoms with E-state index in [4.69, 9.17) is 4.98 Å². The van der Waals surface area contributed by atoms with Crippen molar-refractivity contribution in [2.75, 3.05) is 32.1 Å². The number of aryl methyl sites for hydroxylation is 1. The number of hydrogen-bond donors (Lipinski definition) is 1. The molecule has 2 aromatic heterocycles. The minimum atomic E-state index is 0.0316. The van der Waals surface area contributed by atoms with E-state index in [0.29, 0.717) is 18.1 Å². The van der Waals surface area contributed by atoms with Gasteiger partial charge in [0.15, 0.2) is 0 Å². The molecule has 1 aliphatic rings. The molecule has 0 spiro atoms. The summed E-state index contributed by atoms with van der Waals surface area (Å²) in [5, 5.41) is 6.86. The molecule has 0 radical (unpaired) electrons. The zero-order chi connectivity index (χ0) is 20.4. The van der Waals surface area contributed by atoms with Gasteiger partial charge in [-0.2, -0.15) is 5.10 Å². The number of hydrogen-bond acceptors (Lipinski definition) is 5. The number of aromatic nitrogens is 4. The van der Waals surface area contributed by atoms with Crippen molar-refractivity contribution in [3.05, 3.63) is 59.7 Å². The molecule has 7 nitrogen and oxygen atoms in total. The van der Waals surface area contributed by atoms with Crippen LogP contribution in [0.2, 0.25) is 0 Å². The SMILES string of the molecule is Cc1[nH]ncc1C(=O)N1CCC[C@@H](c2nc(N(C)C)ncc2-c2ccccc2)C1. The maximum absolute atomic E-state index is 13.0. The molecule has 1 N–H and O–H groups in total. The number of aromatic amines is 1. The lowest BCUT2D eigenvalue weighted by molar-refractivity contribution is 0.0705. The summed E-state index contributed by atoms with van der Waals surface area (Å²) < 4.78 is 0. The fourth-order valence-electron chi connectivity index (χ4n) is 3.87. The van der Waals surface area contributed by atoms with Gasteiger partial charge in [0.05, 0.1) is 17.5 Å². The molecule has 7 heteroatoms. The Balaban J connectivity index is 1.68. The summed E-state index contributed by atoms with van der Waals surface area (Å²) in [5.41, 5.74) is 4.60. The molecule has 1 atom stereocenters. The van der Waals surface area contributed by atoms with Crippen LogP contribution in [0.3, 0.4) is 0 Å². The van der Waals surface area contributed by atoms with Crippen molar-refractivity contribution in [1.29, 1.82) is 0 Å². The van der Waals surface area contributed by atoms with Crippen LogP contribution < -0.4 is 4.90 Å². The molecule has 29 heavy (non-hydrogen) atoms. The molecule has 1 amide bonds. The Labute approximate surface area is 170 Å². The molecular weight excluding hydrogens is 364 g/mol.